The summed E-state index contributed by atoms with van der Waals surface area (Å²) in [5, 5.41) is 3.14. The molecule has 0 aromatic rings. The highest BCUT2D eigenvalue weighted by atomic mass is 16.5. The van der Waals surface area contributed by atoms with Gasteiger partial charge in [0.15, 0.2) is 0 Å². The number of rotatable bonds is 3. The Labute approximate surface area is 56.6 Å². The van der Waals surface area contributed by atoms with Crippen molar-refractivity contribution in [1.82, 2.24) is 5.32 Å². The Bertz CT molecular complexity index is 88.9. The first-order valence-corrected chi connectivity index (χ1v) is 3.49. The molecule has 0 aromatic carbocycles. The topological polar surface area (TPSA) is 21.3 Å². The monoisotopic (exact) mass is 129 g/mol. The normalized spacial score (nSPS) is 23.3. The minimum absolute atomic E-state index is 0.489. The van der Waals surface area contributed by atoms with E-state index in [1.165, 1.54) is 6.42 Å². The molecule has 1 aliphatic heterocycles. The van der Waals surface area contributed by atoms with Crippen molar-refractivity contribution in [3.8, 4) is 0 Å². The molecule has 0 aromatic heterocycles. The maximum Gasteiger partial charge on any atom is 0.0542 e. The SMILES string of the molecule is CNCCC1(C)COC1. The summed E-state index contributed by atoms with van der Waals surface area (Å²) >= 11 is 0. The Balaban J connectivity index is 2.09. The summed E-state index contributed by atoms with van der Waals surface area (Å²) in [6.07, 6.45) is 1.24. The van der Waals surface area contributed by atoms with Crippen molar-refractivity contribution < 1.29 is 4.74 Å². The van der Waals surface area contributed by atoms with E-state index in [2.05, 4.69) is 12.2 Å². The predicted molar refractivity (Wildman–Crippen MR) is 37.5 cm³/mol. The van der Waals surface area contributed by atoms with Gasteiger partial charge in [0.2, 0.25) is 0 Å². The molecule has 2 nitrogen and oxygen atoms in total. The van der Waals surface area contributed by atoms with Crippen molar-refractivity contribution in [2.45, 2.75) is 13.3 Å². The zero-order valence-corrected chi connectivity index (χ0v) is 6.24. The summed E-state index contributed by atoms with van der Waals surface area (Å²) in [5.41, 5.74) is 0.489. The van der Waals surface area contributed by atoms with Crippen LogP contribution in [0.15, 0.2) is 0 Å². The molecule has 0 spiro atoms. The predicted octanol–water partition coefficient (Wildman–Crippen LogP) is 0.632. The van der Waals surface area contributed by atoms with Gasteiger partial charge in [0.1, 0.15) is 0 Å². The first kappa shape index (κ1) is 7.03. The lowest BCUT2D eigenvalue weighted by Gasteiger charge is -2.38. The molecule has 1 N–H and O–H groups in total. The minimum Gasteiger partial charge on any atom is -0.380 e. The van der Waals surface area contributed by atoms with E-state index in [0.29, 0.717) is 5.41 Å². The van der Waals surface area contributed by atoms with E-state index < -0.39 is 0 Å². The highest BCUT2D eigenvalue weighted by Gasteiger charge is 2.32. The van der Waals surface area contributed by atoms with Gasteiger partial charge < -0.3 is 10.1 Å². The lowest BCUT2D eigenvalue weighted by Crippen LogP contribution is -2.41. The van der Waals surface area contributed by atoms with Gasteiger partial charge >= 0.3 is 0 Å². The molecule has 1 saturated heterocycles. The highest BCUT2D eigenvalue weighted by Crippen LogP contribution is 2.29. The molecule has 1 rings (SSSR count). The van der Waals surface area contributed by atoms with Crippen molar-refractivity contribution in [1.29, 1.82) is 0 Å². The molecule has 0 atom stereocenters. The van der Waals surface area contributed by atoms with E-state index in [9.17, 15) is 0 Å². The Hall–Kier alpha value is -0.0800. The second-order valence-corrected chi connectivity index (χ2v) is 3.16. The summed E-state index contributed by atoms with van der Waals surface area (Å²) in [6.45, 7) is 5.29. The number of nitrogens with one attached hydrogen (secondary N) is 1. The van der Waals surface area contributed by atoms with Crippen LogP contribution in [0.3, 0.4) is 0 Å². The molecule has 54 valence electrons. The van der Waals surface area contributed by atoms with Crippen LogP contribution in [0.25, 0.3) is 0 Å². The maximum absolute atomic E-state index is 5.11. The molecule has 2 heteroatoms. The van der Waals surface area contributed by atoms with Crippen LogP contribution in [-0.2, 0) is 4.74 Å². The number of hydrogen-bond acceptors (Lipinski definition) is 2. The third-order valence-electron chi connectivity index (χ3n) is 1.88. The van der Waals surface area contributed by atoms with Gasteiger partial charge in [0.25, 0.3) is 0 Å². The molecule has 0 radical (unpaired) electrons. The molecule has 9 heavy (non-hydrogen) atoms. The van der Waals surface area contributed by atoms with E-state index in [1.807, 2.05) is 7.05 Å². The first-order valence-electron chi connectivity index (χ1n) is 3.49. The van der Waals surface area contributed by atoms with Crippen LogP contribution in [-0.4, -0.2) is 26.8 Å². The standard InChI is InChI=1S/C7H15NO/c1-7(3-4-8-2)5-9-6-7/h8H,3-6H2,1-2H3. The fourth-order valence-corrected chi connectivity index (χ4v) is 1.02. The summed E-state index contributed by atoms with van der Waals surface area (Å²) in [6, 6.07) is 0. The van der Waals surface area contributed by atoms with Gasteiger partial charge in [-0.2, -0.15) is 0 Å². The van der Waals surface area contributed by atoms with Gasteiger partial charge in [-0.3, -0.25) is 0 Å². The van der Waals surface area contributed by atoms with Gasteiger partial charge in [0, 0.05) is 5.41 Å². The molecule has 0 aliphatic carbocycles. The largest absolute Gasteiger partial charge is 0.380 e. The van der Waals surface area contributed by atoms with E-state index >= 15 is 0 Å². The summed E-state index contributed by atoms with van der Waals surface area (Å²) < 4.78 is 5.11. The van der Waals surface area contributed by atoms with Crippen LogP contribution in [0.5, 0.6) is 0 Å². The van der Waals surface area contributed by atoms with Gasteiger partial charge in [-0.05, 0) is 20.0 Å². The molecule has 0 unspecified atom stereocenters. The van der Waals surface area contributed by atoms with Crippen LogP contribution in [0, 0.1) is 5.41 Å². The van der Waals surface area contributed by atoms with Gasteiger partial charge in [-0.25, -0.2) is 0 Å². The van der Waals surface area contributed by atoms with E-state index in [4.69, 9.17) is 4.74 Å². The average molecular weight is 129 g/mol. The molecule has 0 amide bonds. The molecule has 1 heterocycles. The van der Waals surface area contributed by atoms with Gasteiger partial charge in [0.05, 0.1) is 13.2 Å². The summed E-state index contributed by atoms with van der Waals surface area (Å²) in [7, 11) is 1.99. The van der Waals surface area contributed by atoms with Crippen molar-refractivity contribution in [3.05, 3.63) is 0 Å². The molecule has 0 saturated carbocycles. The summed E-state index contributed by atoms with van der Waals surface area (Å²) in [4.78, 5) is 0. The third kappa shape index (κ3) is 1.66. The third-order valence-corrected chi connectivity index (χ3v) is 1.88. The first-order chi connectivity index (χ1) is 4.27. The van der Waals surface area contributed by atoms with Crippen molar-refractivity contribution >= 4 is 0 Å². The van der Waals surface area contributed by atoms with Crippen molar-refractivity contribution in [3.63, 3.8) is 0 Å². The van der Waals surface area contributed by atoms with Crippen LogP contribution in [0.1, 0.15) is 13.3 Å². The average Bonchev–Trinajstić information content (AvgIpc) is 1.79. The molecule has 1 fully saturated rings. The lowest BCUT2D eigenvalue weighted by atomic mass is 9.85. The Kier molecular flexibility index (Phi) is 2.09. The highest BCUT2D eigenvalue weighted by molar-refractivity contribution is 4.80. The fraction of sp³-hybridized carbons (Fsp3) is 1.00. The summed E-state index contributed by atoms with van der Waals surface area (Å²) in [5.74, 6) is 0. The molecule has 1 aliphatic rings. The smallest absolute Gasteiger partial charge is 0.0542 e. The van der Waals surface area contributed by atoms with Gasteiger partial charge in [-0.1, -0.05) is 6.92 Å². The molecular formula is C7H15NO. The van der Waals surface area contributed by atoms with E-state index in [1.54, 1.807) is 0 Å². The zero-order chi connectivity index (χ0) is 6.74. The maximum atomic E-state index is 5.11. The quantitative estimate of drug-likeness (QED) is 0.603. The number of hydrogen-bond donors (Lipinski definition) is 1. The second-order valence-electron chi connectivity index (χ2n) is 3.16. The van der Waals surface area contributed by atoms with E-state index in [-0.39, 0.29) is 0 Å². The van der Waals surface area contributed by atoms with Gasteiger partial charge in [-0.15, -0.1) is 0 Å². The van der Waals surface area contributed by atoms with Crippen LogP contribution >= 0.6 is 0 Å². The molecular weight excluding hydrogens is 114 g/mol. The second kappa shape index (κ2) is 2.67. The Morgan fingerprint density at radius 3 is 2.56 bits per heavy atom. The fourth-order valence-electron chi connectivity index (χ4n) is 1.02. The van der Waals surface area contributed by atoms with Crippen LogP contribution in [0.2, 0.25) is 0 Å². The molecule has 0 bridgehead atoms. The van der Waals surface area contributed by atoms with Crippen molar-refractivity contribution in [2.24, 2.45) is 5.41 Å². The minimum atomic E-state index is 0.489. The van der Waals surface area contributed by atoms with Crippen molar-refractivity contribution in [2.75, 3.05) is 26.8 Å². The van der Waals surface area contributed by atoms with Crippen LogP contribution in [0.4, 0.5) is 0 Å². The zero-order valence-electron chi connectivity index (χ0n) is 6.24. The Morgan fingerprint density at radius 1 is 1.56 bits per heavy atom. The Morgan fingerprint density at radius 2 is 2.22 bits per heavy atom. The van der Waals surface area contributed by atoms with E-state index in [0.717, 1.165) is 19.8 Å². The lowest BCUT2D eigenvalue weighted by molar-refractivity contribution is -0.104. The van der Waals surface area contributed by atoms with Crippen LogP contribution < -0.4 is 5.32 Å². The number of ether oxygens (including phenoxy) is 1.